The molecule has 0 radical (unpaired) electrons. The summed E-state index contributed by atoms with van der Waals surface area (Å²) in [6.07, 6.45) is 2.18. The molecular weight excluding hydrogens is 172 g/mol. The zero-order valence-electron chi connectivity index (χ0n) is 7.52. The van der Waals surface area contributed by atoms with Crippen LogP contribution in [0.25, 0.3) is 0 Å². The molecule has 0 aliphatic heterocycles. The molecule has 4 N–H and O–H groups in total. The van der Waals surface area contributed by atoms with Crippen LogP contribution in [0.15, 0.2) is 0 Å². The highest BCUT2D eigenvalue weighted by Gasteiger charge is 2.30. The Morgan fingerprint density at radius 3 is 2.62 bits per heavy atom. The predicted molar refractivity (Wildman–Crippen MR) is 47.3 cm³/mol. The lowest BCUT2D eigenvalue weighted by molar-refractivity contribution is -0.139. The minimum Gasteiger partial charge on any atom is -0.480 e. The van der Waals surface area contributed by atoms with Gasteiger partial charge in [0.05, 0.1) is 6.61 Å². The third kappa shape index (κ3) is 3.30. The minimum absolute atomic E-state index is 0.0584. The lowest BCUT2D eigenvalue weighted by atomic mass is 10.3. The molecule has 1 aliphatic carbocycles. The van der Waals surface area contributed by atoms with Gasteiger partial charge in [0, 0.05) is 19.1 Å². The molecule has 0 saturated heterocycles. The van der Waals surface area contributed by atoms with E-state index in [-0.39, 0.29) is 6.61 Å². The van der Waals surface area contributed by atoms with Crippen LogP contribution in [0.1, 0.15) is 12.8 Å². The first-order valence-electron chi connectivity index (χ1n) is 4.48. The highest BCUT2D eigenvalue weighted by atomic mass is 16.4. The van der Waals surface area contributed by atoms with E-state index in [4.69, 9.17) is 15.9 Å². The number of carboxylic acids is 1. The van der Waals surface area contributed by atoms with Crippen LogP contribution in [0.3, 0.4) is 0 Å². The average Bonchev–Trinajstić information content (AvgIpc) is 2.85. The van der Waals surface area contributed by atoms with E-state index < -0.39 is 12.0 Å². The van der Waals surface area contributed by atoms with Crippen LogP contribution in [-0.4, -0.2) is 52.9 Å². The first-order valence-corrected chi connectivity index (χ1v) is 4.48. The fourth-order valence-electron chi connectivity index (χ4n) is 1.32. The second-order valence-corrected chi connectivity index (χ2v) is 3.39. The standard InChI is InChI=1S/C8H16N2O3/c9-7(8(12)13)5-10(3-4-11)6-1-2-6/h6-7,11H,1-5,9H2,(H,12,13). The van der Waals surface area contributed by atoms with Crippen molar-refractivity contribution in [2.75, 3.05) is 19.7 Å². The van der Waals surface area contributed by atoms with Gasteiger partial charge in [0.15, 0.2) is 0 Å². The molecule has 5 nitrogen and oxygen atoms in total. The predicted octanol–water partition coefficient (Wildman–Crippen LogP) is -1.14. The molecule has 0 aromatic heterocycles. The molecule has 5 heteroatoms. The van der Waals surface area contributed by atoms with Gasteiger partial charge in [-0.3, -0.25) is 9.69 Å². The zero-order valence-corrected chi connectivity index (χ0v) is 7.52. The molecule has 76 valence electrons. The van der Waals surface area contributed by atoms with Crippen molar-refractivity contribution in [3.63, 3.8) is 0 Å². The van der Waals surface area contributed by atoms with Gasteiger partial charge < -0.3 is 15.9 Å². The van der Waals surface area contributed by atoms with E-state index in [1.807, 2.05) is 4.90 Å². The van der Waals surface area contributed by atoms with E-state index in [9.17, 15) is 4.79 Å². The number of aliphatic hydroxyl groups is 1. The Labute approximate surface area is 77.1 Å². The fraction of sp³-hybridized carbons (Fsp3) is 0.875. The van der Waals surface area contributed by atoms with Gasteiger partial charge in [-0.05, 0) is 12.8 Å². The number of nitrogens with zero attached hydrogens (tertiary/aromatic N) is 1. The molecule has 1 saturated carbocycles. The van der Waals surface area contributed by atoms with E-state index in [2.05, 4.69) is 0 Å². The average molecular weight is 188 g/mol. The van der Waals surface area contributed by atoms with Gasteiger partial charge >= 0.3 is 5.97 Å². The maximum Gasteiger partial charge on any atom is 0.321 e. The highest BCUT2D eigenvalue weighted by molar-refractivity contribution is 5.73. The number of aliphatic hydroxyl groups excluding tert-OH is 1. The molecule has 0 aromatic rings. The molecule has 0 aromatic carbocycles. The van der Waals surface area contributed by atoms with Crippen molar-refractivity contribution in [2.45, 2.75) is 24.9 Å². The summed E-state index contributed by atoms with van der Waals surface area (Å²) < 4.78 is 0. The minimum atomic E-state index is -0.983. The van der Waals surface area contributed by atoms with Crippen molar-refractivity contribution in [3.8, 4) is 0 Å². The Bertz CT molecular complexity index is 182. The molecule has 1 fully saturated rings. The first kappa shape index (κ1) is 10.4. The van der Waals surface area contributed by atoms with E-state index in [0.717, 1.165) is 12.8 Å². The lowest BCUT2D eigenvalue weighted by Crippen LogP contribution is -2.44. The van der Waals surface area contributed by atoms with Crippen molar-refractivity contribution >= 4 is 5.97 Å². The number of hydrogen-bond donors (Lipinski definition) is 3. The van der Waals surface area contributed by atoms with Crippen LogP contribution in [-0.2, 0) is 4.79 Å². The zero-order chi connectivity index (χ0) is 9.84. The van der Waals surface area contributed by atoms with Crippen molar-refractivity contribution in [2.24, 2.45) is 5.73 Å². The Morgan fingerprint density at radius 1 is 1.62 bits per heavy atom. The summed E-state index contributed by atoms with van der Waals surface area (Å²) in [5.41, 5.74) is 5.39. The van der Waals surface area contributed by atoms with Crippen LogP contribution in [0.2, 0.25) is 0 Å². The monoisotopic (exact) mass is 188 g/mol. The maximum absolute atomic E-state index is 10.5. The van der Waals surface area contributed by atoms with E-state index in [1.165, 1.54) is 0 Å². The molecule has 0 heterocycles. The van der Waals surface area contributed by atoms with E-state index in [0.29, 0.717) is 19.1 Å². The van der Waals surface area contributed by atoms with Gasteiger partial charge in [0.25, 0.3) is 0 Å². The Kier molecular flexibility index (Phi) is 3.65. The van der Waals surface area contributed by atoms with E-state index >= 15 is 0 Å². The molecule has 1 aliphatic rings. The van der Waals surface area contributed by atoms with Crippen molar-refractivity contribution in [1.82, 2.24) is 4.90 Å². The van der Waals surface area contributed by atoms with E-state index in [1.54, 1.807) is 0 Å². The topological polar surface area (TPSA) is 86.8 Å². The summed E-state index contributed by atoms with van der Waals surface area (Å²) >= 11 is 0. The van der Waals surface area contributed by atoms with Crippen molar-refractivity contribution < 1.29 is 15.0 Å². The molecule has 1 atom stereocenters. The first-order chi connectivity index (χ1) is 6.15. The van der Waals surface area contributed by atoms with Gasteiger partial charge in [-0.2, -0.15) is 0 Å². The molecule has 13 heavy (non-hydrogen) atoms. The summed E-state index contributed by atoms with van der Waals surface area (Å²) in [7, 11) is 0. The van der Waals surface area contributed by atoms with Crippen LogP contribution in [0, 0.1) is 0 Å². The van der Waals surface area contributed by atoms with Gasteiger partial charge in [-0.15, -0.1) is 0 Å². The molecule has 0 bridgehead atoms. The molecule has 0 spiro atoms. The van der Waals surface area contributed by atoms with Gasteiger partial charge in [0.2, 0.25) is 0 Å². The normalized spacial score (nSPS) is 19.0. The number of nitrogens with two attached hydrogens (primary N) is 1. The van der Waals surface area contributed by atoms with Crippen LogP contribution < -0.4 is 5.73 Å². The van der Waals surface area contributed by atoms with Gasteiger partial charge in [-0.1, -0.05) is 0 Å². The smallest absolute Gasteiger partial charge is 0.321 e. The number of rotatable bonds is 6. The Morgan fingerprint density at radius 2 is 2.23 bits per heavy atom. The van der Waals surface area contributed by atoms with Crippen molar-refractivity contribution in [3.05, 3.63) is 0 Å². The maximum atomic E-state index is 10.5. The molecule has 0 amide bonds. The summed E-state index contributed by atoms with van der Waals surface area (Å²) in [5, 5.41) is 17.3. The lowest BCUT2D eigenvalue weighted by Gasteiger charge is -2.22. The summed E-state index contributed by atoms with van der Waals surface area (Å²) in [6.45, 7) is 0.912. The summed E-state index contributed by atoms with van der Waals surface area (Å²) in [6, 6.07) is -0.398. The van der Waals surface area contributed by atoms with Crippen LogP contribution in [0.4, 0.5) is 0 Å². The number of hydrogen-bond acceptors (Lipinski definition) is 4. The Hall–Kier alpha value is -0.650. The Balaban J connectivity index is 2.32. The number of aliphatic carboxylic acids is 1. The molecule has 1 rings (SSSR count). The second-order valence-electron chi connectivity index (χ2n) is 3.39. The summed E-state index contributed by atoms with van der Waals surface area (Å²) in [5.74, 6) is -0.983. The summed E-state index contributed by atoms with van der Waals surface area (Å²) in [4.78, 5) is 12.4. The largest absolute Gasteiger partial charge is 0.480 e. The fourth-order valence-corrected chi connectivity index (χ4v) is 1.32. The quantitative estimate of drug-likeness (QED) is 0.490. The van der Waals surface area contributed by atoms with Crippen LogP contribution in [0.5, 0.6) is 0 Å². The third-order valence-electron chi connectivity index (χ3n) is 2.20. The number of carboxylic acid groups (broad SMARTS) is 1. The number of carbonyl (C=O) groups is 1. The van der Waals surface area contributed by atoms with Gasteiger partial charge in [-0.25, -0.2) is 0 Å². The SMILES string of the molecule is NC(CN(CCO)C1CC1)C(=O)O. The molecule has 1 unspecified atom stereocenters. The molecular formula is C8H16N2O3. The van der Waals surface area contributed by atoms with Crippen molar-refractivity contribution in [1.29, 1.82) is 0 Å². The third-order valence-corrected chi connectivity index (χ3v) is 2.20. The van der Waals surface area contributed by atoms with Gasteiger partial charge in [0.1, 0.15) is 6.04 Å². The highest BCUT2D eigenvalue weighted by Crippen LogP contribution is 2.26. The second kappa shape index (κ2) is 4.55. The van der Waals surface area contributed by atoms with Crippen LogP contribution >= 0.6 is 0 Å².